The molecule has 90 valence electrons. The van der Waals surface area contributed by atoms with E-state index in [1.165, 1.54) is 5.57 Å². The Labute approximate surface area is 99.3 Å². The van der Waals surface area contributed by atoms with Gasteiger partial charge in [0.05, 0.1) is 0 Å². The topological polar surface area (TPSA) is 17.1 Å². The predicted octanol–water partition coefficient (Wildman–Crippen LogP) is 3.84. The van der Waals surface area contributed by atoms with E-state index in [1.54, 1.807) is 0 Å². The molecule has 0 aromatic carbocycles. The quantitative estimate of drug-likeness (QED) is 0.660. The van der Waals surface area contributed by atoms with Gasteiger partial charge < -0.3 is 0 Å². The highest BCUT2D eigenvalue weighted by Gasteiger charge is 2.58. The zero-order chi connectivity index (χ0) is 12.1. The zero-order valence-electron chi connectivity index (χ0n) is 11.0. The Morgan fingerprint density at radius 1 is 1.50 bits per heavy atom. The van der Waals surface area contributed by atoms with Crippen LogP contribution in [0.1, 0.15) is 47.0 Å². The van der Waals surface area contributed by atoms with Crippen molar-refractivity contribution < 1.29 is 4.79 Å². The molecule has 3 fully saturated rings. The first-order chi connectivity index (χ1) is 7.34. The number of hydrogen-bond acceptors (Lipinski definition) is 1. The van der Waals surface area contributed by atoms with Gasteiger partial charge in [0.1, 0.15) is 5.78 Å². The SMILES string of the molecule is C=C(C)C[C@@H](C)[C@H]1C[C@H]2C[C@@H](C1=O)C2(C)C. The zero-order valence-corrected chi connectivity index (χ0v) is 11.0. The molecule has 1 heteroatoms. The number of rotatable bonds is 3. The van der Waals surface area contributed by atoms with E-state index >= 15 is 0 Å². The van der Waals surface area contributed by atoms with Gasteiger partial charge in [0.15, 0.2) is 0 Å². The number of carbonyl (C=O) groups excluding carboxylic acids is 1. The maximum Gasteiger partial charge on any atom is 0.139 e. The smallest absolute Gasteiger partial charge is 0.139 e. The van der Waals surface area contributed by atoms with Crippen LogP contribution in [0.15, 0.2) is 12.2 Å². The summed E-state index contributed by atoms with van der Waals surface area (Å²) >= 11 is 0. The minimum Gasteiger partial charge on any atom is -0.299 e. The summed E-state index contributed by atoms with van der Waals surface area (Å²) in [5.74, 6) is 2.48. The van der Waals surface area contributed by atoms with Gasteiger partial charge in [-0.15, -0.1) is 6.58 Å². The molecule has 1 nitrogen and oxygen atoms in total. The van der Waals surface area contributed by atoms with Gasteiger partial charge >= 0.3 is 0 Å². The average Bonchev–Trinajstić information content (AvgIpc) is 2.15. The van der Waals surface area contributed by atoms with Crippen molar-refractivity contribution in [2.45, 2.75) is 47.0 Å². The molecule has 3 aliphatic carbocycles. The van der Waals surface area contributed by atoms with Crippen LogP contribution in [0.5, 0.6) is 0 Å². The molecule has 3 saturated carbocycles. The molecule has 3 rings (SSSR count). The van der Waals surface area contributed by atoms with Crippen LogP contribution in [0.2, 0.25) is 0 Å². The second-order valence-corrected chi connectivity index (χ2v) is 6.69. The van der Waals surface area contributed by atoms with Crippen molar-refractivity contribution in [3.63, 3.8) is 0 Å². The second-order valence-electron chi connectivity index (χ2n) is 6.69. The summed E-state index contributed by atoms with van der Waals surface area (Å²) in [5.41, 5.74) is 1.50. The number of ketones is 1. The molecule has 0 aliphatic heterocycles. The van der Waals surface area contributed by atoms with Gasteiger partial charge in [-0.2, -0.15) is 0 Å². The number of carbonyl (C=O) groups is 1. The fourth-order valence-electron chi connectivity index (χ4n) is 3.78. The molecule has 16 heavy (non-hydrogen) atoms. The minimum absolute atomic E-state index is 0.288. The number of Topliss-reactive ketones (excluding diaryl/α,β-unsaturated/α-hetero) is 1. The second kappa shape index (κ2) is 3.72. The molecule has 0 aromatic rings. The normalized spacial score (nSPS) is 37.8. The van der Waals surface area contributed by atoms with E-state index in [4.69, 9.17) is 0 Å². The highest BCUT2D eigenvalue weighted by atomic mass is 16.1. The van der Waals surface area contributed by atoms with E-state index in [1.807, 2.05) is 0 Å². The molecular weight excluding hydrogens is 196 g/mol. The van der Waals surface area contributed by atoms with Crippen LogP contribution in [0.3, 0.4) is 0 Å². The van der Waals surface area contributed by atoms with Gasteiger partial charge in [-0.05, 0) is 43.4 Å². The monoisotopic (exact) mass is 220 g/mol. The third kappa shape index (κ3) is 1.65. The van der Waals surface area contributed by atoms with E-state index in [2.05, 4.69) is 34.3 Å². The Bertz CT molecular complexity index is 326. The number of hydrogen-bond donors (Lipinski definition) is 0. The molecule has 2 bridgehead atoms. The third-order valence-corrected chi connectivity index (χ3v) is 5.08. The lowest BCUT2D eigenvalue weighted by molar-refractivity contribution is -0.159. The van der Waals surface area contributed by atoms with Crippen LogP contribution in [-0.2, 0) is 4.79 Å². The minimum atomic E-state index is 0.288. The van der Waals surface area contributed by atoms with E-state index in [-0.39, 0.29) is 5.41 Å². The van der Waals surface area contributed by atoms with Gasteiger partial charge in [-0.25, -0.2) is 0 Å². The Balaban J connectivity index is 2.06. The van der Waals surface area contributed by atoms with Crippen molar-refractivity contribution in [3.8, 4) is 0 Å². The van der Waals surface area contributed by atoms with Crippen LogP contribution >= 0.6 is 0 Å². The Morgan fingerprint density at radius 2 is 2.12 bits per heavy atom. The van der Waals surface area contributed by atoms with Crippen LogP contribution < -0.4 is 0 Å². The van der Waals surface area contributed by atoms with Crippen molar-refractivity contribution in [2.24, 2.45) is 29.1 Å². The lowest BCUT2D eigenvalue weighted by Gasteiger charge is -2.58. The molecule has 0 saturated heterocycles. The summed E-state index contributed by atoms with van der Waals surface area (Å²) in [7, 11) is 0. The van der Waals surface area contributed by atoms with Gasteiger partial charge in [-0.3, -0.25) is 4.79 Å². The molecule has 0 radical (unpaired) electrons. The highest BCUT2D eigenvalue weighted by molar-refractivity contribution is 5.87. The van der Waals surface area contributed by atoms with Gasteiger partial charge in [-0.1, -0.05) is 26.3 Å². The van der Waals surface area contributed by atoms with Crippen LogP contribution in [0, 0.1) is 29.1 Å². The summed E-state index contributed by atoms with van der Waals surface area (Å²) in [6, 6.07) is 0. The summed E-state index contributed by atoms with van der Waals surface area (Å²) in [5, 5.41) is 0. The highest BCUT2D eigenvalue weighted by Crippen LogP contribution is 2.60. The van der Waals surface area contributed by atoms with E-state index in [9.17, 15) is 4.79 Å². The van der Waals surface area contributed by atoms with Gasteiger partial charge in [0.2, 0.25) is 0 Å². The molecular formula is C15H24O. The number of allylic oxidation sites excluding steroid dienone is 1. The van der Waals surface area contributed by atoms with Crippen molar-refractivity contribution >= 4 is 5.78 Å². The van der Waals surface area contributed by atoms with Crippen LogP contribution in [0.25, 0.3) is 0 Å². The Morgan fingerprint density at radius 3 is 2.56 bits per heavy atom. The first-order valence-corrected chi connectivity index (χ1v) is 6.52. The molecule has 0 unspecified atom stereocenters. The van der Waals surface area contributed by atoms with Gasteiger partial charge in [0, 0.05) is 11.8 Å². The number of fused-ring (bicyclic) bond motifs is 2. The van der Waals surface area contributed by atoms with E-state index < -0.39 is 0 Å². The Hall–Kier alpha value is -0.590. The Kier molecular flexibility index (Phi) is 2.76. The molecule has 0 amide bonds. The summed E-state index contributed by atoms with van der Waals surface area (Å²) in [4.78, 5) is 12.4. The molecule has 3 aliphatic rings. The maximum absolute atomic E-state index is 12.4. The molecule has 0 heterocycles. The first-order valence-electron chi connectivity index (χ1n) is 6.52. The molecule has 0 spiro atoms. The fourth-order valence-corrected chi connectivity index (χ4v) is 3.78. The van der Waals surface area contributed by atoms with E-state index in [0.29, 0.717) is 23.5 Å². The fraction of sp³-hybridized carbons (Fsp3) is 0.800. The van der Waals surface area contributed by atoms with Crippen molar-refractivity contribution in [1.82, 2.24) is 0 Å². The lowest BCUT2D eigenvalue weighted by atomic mass is 9.45. The average molecular weight is 220 g/mol. The summed E-state index contributed by atoms with van der Waals surface area (Å²) in [6.07, 6.45) is 3.29. The van der Waals surface area contributed by atoms with Crippen molar-refractivity contribution in [1.29, 1.82) is 0 Å². The lowest BCUT2D eigenvalue weighted by Crippen LogP contribution is -2.57. The van der Waals surface area contributed by atoms with E-state index in [0.717, 1.165) is 25.2 Å². The first kappa shape index (κ1) is 11.9. The summed E-state index contributed by atoms with van der Waals surface area (Å²) < 4.78 is 0. The third-order valence-electron chi connectivity index (χ3n) is 5.08. The van der Waals surface area contributed by atoms with Crippen LogP contribution in [-0.4, -0.2) is 5.78 Å². The maximum atomic E-state index is 12.4. The molecule has 0 N–H and O–H groups in total. The van der Waals surface area contributed by atoms with Gasteiger partial charge in [0.25, 0.3) is 0 Å². The van der Waals surface area contributed by atoms with Crippen LogP contribution in [0.4, 0.5) is 0 Å². The largest absolute Gasteiger partial charge is 0.299 e. The molecule has 4 atom stereocenters. The molecule has 0 aromatic heterocycles. The van der Waals surface area contributed by atoms with Crippen molar-refractivity contribution in [3.05, 3.63) is 12.2 Å². The predicted molar refractivity (Wildman–Crippen MR) is 67.1 cm³/mol. The van der Waals surface area contributed by atoms with Crippen molar-refractivity contribution in [2.75, 3.05) is 0 Å². The standard InChI is InChI=1S/C15H24O/c1-9(2)6-10(3)12-7-11-8-13(14(12)16)15(11,4)5/h10-13H,1,6-8H2,2-5H3/t10-,11+,12-,13+/m1/s1. The summed E-state index contributed by atoms with van der Waals surface area (Å²) in [6.45, 7) is 12.8.